The van der Waals surface area contributed by atoms with E-state index in [-0.39, 0.29) is 0 Å². The molecular formula is C15H11Cl2N3O. The summed E-state index contributed by atoms with van der Waals surface area (Å²) < 4.78 is 5.26. The number of benzene rings is 2. The Kier molecular flexibility index (Phi) is 3.82. The van der Waals surface area contributed by atoms with Crippen LogP contribution in [0.15, 0.2) is 47.0 Å². The summed E-state index contributed by atoms with van der Waals surface area (Å²) in [6.07, 6.45) is 0.532. The van der Waals surface area contributed by atoms with E-state index >= 15 is 0 Å². The van der Waals surface area contributed by atoms with Crippen molar-refractivity contribution >= 4 is 28.9 Å². The third-order valence-corrected chi connectivity index (χ3v) is 3.44. The molecule has 1 heterocycles. The monoisotopic (exact) mass is 319 g/mol. The smallest absolute Gasteiger partial charge is 0.260 e. The van der Waals surface area contributed by atoms with Crippen LogP contribution in [0.1, 0.15) is 11.4 Å². The van der Waals surface area contributed by atoms with Gasteiger partial charge in [0.2, 0.25) is 0 Å². The molecule has 0 unspecified atom stereocenters. The van der Waals surface area contributed by atoms with E-state index in [0.717, 1.165) is 5.56 Å². The second kappa shape index (κ2) is 5.76. The largest absolute Gasteiger partial charge is 0.398 e. The quantitative estimate of drug-likeness (QED) is 0.734. The molecule has 0 aliphatic heterocycles. The molecule has 3 aromatic rings. The second-order valence-electron chi connectivity index (χ2n) is 4.55. The number of halogens is 2. The van der Waals surface area contributed by atoms with Gasteiger partial charge in [-0.3, -0.25) is 0 Å². The minimum atomic E-state index is 0.354. The average molecular weight is 320 g/mol. The summed E-state index contributed by atoms with van der Waals surface area (Å²) in [5.74, 6) is 0.915. The fraction of sp³-hybridized carbons (Fsp3) is 0.0667. The van der Waals surface area contributed by atoms with Crippen molar-refractivity contribution < 1.29 is 4.52 Å². The van der Waals surface area contributed by atoms with Gasteiger partial charge < -0.3 is 10.3 Å². The van der Waals surface area contributed by atoms with Crippen molar-refractivity contribution in [2.45, 2.75) is 6.42 Å². The minimum absolute atomic E-state index is 0.354. The zero-order valence-electron chi connectivity index (χ0n) is 10.9. The Bertz CT molecular complexity index is 786. The molecule has 2 aromatic carbocycles. The van der Waals surface area contributed by atoms with Gasteiger partial charge in [0.1, 0.15) is 0 Å². The predicted molar refractivity (Wildman–Crippen MR) is 83.4 cm³/mol. The molecule has 1 aromatic heterocycles. The Morgan fingerprint density at radius 3 is 2.67 bits per heavy atom. The van der Waals surface area contributed by atoms with E-state index in [0.29, 0.717) is 39.4 Å². The van der Waals surface area contributed by atoms with Gasteiger partial charge in [-0.2, -0.15) is 4.98 Å². The van der Waals surface area contributed by atoms with Crippen molar-refractivity contribution in [3.63, 3.8) is 0 Å². The number of nitrogens with zero attached hydrogens (tertiary/aromatic N) is 2. The van der Waals surface area contributed by atoms with Crippen LogP contribution >= 0.6 is 23.2 Å². The van der Waals surface area contributed by atoms with Gasteiger partial charge in [-0.1, -0.05) is 40.5 Å². The molecule has 0 atom stereocenters. The van der Waals surface area contributed by atoms with Crippen LogP contribution in [0, 0.1) is 0 Å². The van der Waals surface area contributed by atoms with Crippen LogP contribution in [0.25, 0.3) is 11.5 Å². The van der Waals surface area contributed by atoms with Crippen LogP contribution in [0.3, 0.4) is 0 Å². The normalized spacial score (nSPS) is 10.8. The van der Waals surface area contributed by atoms with Crippen molar-refractivity contribution in [2.75, 3.05) is 5.73 Å². The Morgan fingerprint density at radius 1 is 1.05 bits per heavy atom. The van der Waals surface area contributed by atoms with Crippen molar-refractivity contribution in [3.8, 4) is 11.5 Å². The van der Waals surface area contributed by atoms with Gasteiger partial charge in [-0.05, 0) is 35.9 Å². The summed E-state index contributed by atoms with van der Waals surface area (Å²) in [7, 11) is 0. The Labute approximate surface area is 131 Å². The van der Waals surface area contributed by atoms with Crippen LogP contribution in [-0.4, -0.2) is 10.1 Å². The Balaban J connectivity index is 1.88. The van der Waals surface area contributed by atoms with Crippen LogP contribution in [0.4, 0.5) is 5.69 Å². The summed E-state index contributed by atoms with van der Waals surface area (Å²) in [4.78, 5) is 4.35. The first-order valence-electron chi connectivity index (χ1n) is 6.24. The lowest BCUT2D eigenvalue weighted by Crippen LogP contribution is -1.92. The maximum atomic E-state index is 5.96. The van der Waals surface area contributed by atoms with Crippen LogP contribution in [-0.2, 0) is 6.42 Å². The van der Waals surface area contributed by atoms with Crippen molar-refractivity contribution in [1.82, 2.24) is 10.1 Å². The molecule has 0 spiro atoms. The van der Waals surface area contributed by atoms with E-state index < -0.39 is 0 Å². The highest BCUT2D eigenvalue weighted by Crippen LogP contribution is 2.27. The molecule has 6 heteroatoms. The first kappa shape index (κ1) is 13.9. The number of nitrogens with two attached hydrogens (primary N) is 1. The Morgan fingerprint density at radius 2 is 1.86 bits per heavy atom. The van der Waals surface area contributed by atoms with Gasteiger partial charge in [0.25, 0.3) is 5.89 Å². The number of aromatic nitrogens is 2. The van der Waals surface area contributed by atoms with Crippen LogP contribution in [0.2, 0.25) is 10.0 Å². The van der Waals surface area contributed by atoms with E-state index in [1.807, 2.05) is 24.3 Å². The number of hydrogen-bond acceptors (Lipinski definition) is 4. The van der Waals surface area contributed by atoms with Crippen LogP contribution < -0.4 is 5.73 Å². The summed E-state index contributed by atoms with van der Waals surface area (Å²) in [6.45, 7) is 0. The van der Waals surface area contributed by atoms with Gasteiger partial charge >= 0.3 is 0 Å². The fourth-order valence-corrected chi connectivity index (χ4v) is 2.36. The Hall–Kier alpha value is -2.04. The predicted octanol–water partition coefficient (Wildman–Crippen LogP) is 4.22. The maximum absolute atomic E-state index is 5.96. The third kappa shape index (κ3) is 3.17. The van der Waals surface area contributed by atoms with Gasteiger partial charge in [0, 0.05) is 22.2 Å². The first-order valence-corrected chi connectivity index (χ1v) is 7.00. The summed E-state index contributed by atoms with van der Waals surface area (Å²) in [5, 5.41) is 5.20. The summed E-state index contributed by atoms with van der Waals surface area (Å²) >= 11 is 11.9. The lowest BCUT2D eigenvalue weighted by atomic mass is 10.1. The molecular weight excluding hydrogens is 309 g/mol. The third-order valence-electron chi connectivity index (χ3n) is 2.97. The van der Waals surface area contributed by atoms with Gasteiger partial charge in [0.15, 0.2) is 5.82 Å². The van der Waals surface area contributed by atoms with E-state index in [1.54, 1.807) is 18.2 Å². The molecule has 21 heavy (non-hydrogen) atoms. The highest BCUT2D eigenvalue weighted by atomic mass is 35.5. The fourth-order valence-electron chi connectivity index (χ4n) is 1.98. The van der Waals surface area contributed by atoms with Crippen LogP contribution in [0.5, 0.6) is 0 Å². The molecule has 0 aliphatic carbocycles. The first-order chi connectivity index (χ1) is 10.1. The standard InChI is InChI=1S/C15H11Cl2N3O/c16-10-3-1-2-9(6-10)7-14-19-15(21-20-14)12-8-11(17)4-5-13(12)18/h1-6,8H,7,18H2. The molecule has 0 aliphatic rings. The number of rotatable bonds is 3. The van der Waals surface area contributed by atoms with E-state index in [4.69, 9.17) is 33.5 Å². The van der Waals surface area contributed by atoms with Crippen molar-refractivity contribution in [2.24, 2.45) is 0 Å². The molecule has 2 N–H and O–H groups in total. The zero-order valence-corrected chi connectivity index (χ0v) is 12.4. The maximum Gasteiger partial charge on any atom is 0.260 e. The van der Waals surface area contributed by atoms with E-state index in [2.05, 4.69) is 10.1 Å². The van der Waals surface area contributed by atoms with Gasteiger partial charge in [-0.25, -0.2) is 0 Å². The molecule has 0 fully saturated rings. The average Bonchev–Trinajstić information content (AvgIpc) is 2.90. The topological polar surface area (TPSA) is 64.9 Å². The lowest BCUT2D eigenvalue weighted by Gasteiger charge is -2.00. The van der Waals surface area contributed by atoms with E-state index in [1.165, 1.54) is 0 Å². The SMILES string of the molecule is Nc1ccc(Cl)cc1-c1nc(Cc2cccc(Cl)c2)no1. The molecule has 0 amide bonds. The molecule has 0 bridgehead atoms. The molecule has 106 valence electrons. The molecule has 0 saturated carbocycles. The number of anilines is 1. The van der Waals surface area contributed by atoms with E-state index in [9.17, 15) is 0 Å². The highest BCUT2D eigenvalue weighted by Gasteiger charge is 2.12. The summed E-state index contributed by atoms with van der Waals surface area (Å²) in [5.41, 5.74) is 8.08. The number of hydrogen-bond donors (Lipinski definition) is 1. The van der Waals surface area contributed by atoms with Gasteiger partial charge in [0.05, 0.1) is 5.56 Å². The lowest BCUT2D eigenvalue weighted by molar-refractivity contribution is 0.424. The van der Waals surface area contributed by atoms with Crippen molar-refractivity contribution in [1.29, 1.82) is 0 Å². The summed E-state index contributed by atoms with van der Waals surface area (Å²) in [6, 6.07) is 12.6. The van der Waals surface area contributed by atoms with Crippen molar-refractivity contribution in [3.05, 3.63) is 63.9 Å². The number of nitrogen functional groups attached to an aromatic ring is 1. The molecule has 0 radical (unpaired) electrons. The highest BCUT2D eigenvalue weighted by molar-refractivity contribution is 6.31. The molecule has 4 nitrogen and oxygen atoms in total. The molecule has 0 saturated heterocycles. The minimum Gasteiger partial charge on any atom is -0.398 e. The van der Waals surface area contributed by atoms with Gasteiger partial charge in [-0.15, -0.1) is 0 Å². The molecule has 3 rings (SSSR count). The second-order valence-corrected chi connectivity index (χ2v) is 5.43. The zero-order chi connectivity index (χ0) is 14.8.